The molecule has 0 saturated carbocycles. The van der Waals surface area contributed by atoms with Gasteiger partial charge >= 0.3 is 5.69 Å². The number of aromatic nitrogens is 3. The number of hydrogen-bond acceptors (Lipinski definition) is 6. The maximum Gasteiger partial charge on any atom is 0.362 e. The Kier molecular flexibility index (Phi) is 3.80. The summed E-state index contributed by atoms with van der Waals surface area (Å²) in [5.74, 6) is 1.85. The van der Waals surface area contributed by atoms with Gasteiger partial charge in [0.25, 0.3) is 0 Å². The van der Waals surface area contributed by atoms with Crippen molar-refractivity contribution in [3.05, 3.63) is 52.4 Å². The van der Waals surface area contributed by atoms with Gasteiger partial charge in [-0.25, -0.2) is 9.89 Å². The molecule has 0 aliphatic carbocycles. The van der Waals surface area contributed by atoms with Gasteiger partial charge in [0, 0.05) is 6.07 Å². The van der Waals surface area contributed by atoms with E-state index in [0.29, 0.717) is 22.7 Å². The minimum atomic E-state index is -0.452. The number of benzene rings is 2. The van der Waals surface area contributed by atoms with Gasteiger partial charge in [0.15, 0.2) is 17.3 Å². The molecule has 8 heteroatoms. The molecule has 2 heterocycles. The fourth-order valence-electron chi connectivity index (χ4n) is 2.77. The first kappa shape index (κ1) is 16.1. The van der Waals surface area contributed by atoms with E-state index in [1.165, 1.54) is 4.68 Å². The van der Waals surface area contributed by atoms with Gasteiger partial charge in [-0.2, -0.15) is 9.77 Å². The molecule has 134 valence electrons. The number of fused-ring (bicyclic) bond motifs is 1. The van der Waals surface area contributed by atoms with Crippen LogP contribution in [0.15, 0.2) is 41.2 Å². The average molecular weight is 354 g/mol. The number of nitrogens with zero attached hydrogens (tertiary/aromatic N) is 2. The molecule has 0 bridgehead atoms. The highest BCUT2D eigenvalue weighted by Gasteiger charge is 2.18. The monoisotopic (exact) mass is 354 g/mol. The van der Waals surface area contributed by atoms with Crippen molar-refractivity contribution < 1.29 is 14.6 Å². The number of nitrogens with one attached hydrogen (secondary N) is 2. The number of hydrogen-bond donors (Lipinski definition) is 3. The highest BCUT2D eigenvalue weighted by Crippen LogP contribution is 2.35. The Morgan fingerprint density at radius 3 is 2.81 bits per heavy atom. The van der Waals surface area contributed by atoms with Crippen molar-refractivity contribution in [2.45, 2.75) is 19.8 Å². The fourth-order valence-corrected chi connectivity index (χ4v) is 2.77. The molecule has 3 aromatic rings. The molecule has 4 rings (SSSR count). The number of anilines is 1. The van der Waals surface area contributed by atoms with Crippen LogP contribution >= 0.6 is 0 Å². The number of ether oxygens (including phenoxy) is 2. The molecule has 8 nitrogen and oxygen atoms in total. The average Bonchev–Trinajstić information content (AvgIpc) is 3.22. The van der Waals surface area contributed by atoms with Crippen LogP contribution in [0.4, 0.5) is 5.69 Å². The number of H-pyrrole nitrogens is 1. The molecule has 0 atom stereocenters. The van der Waals surface area contributed by atoms with Crippen molar-refractivity contribution in [1.29, 1.82) is 0 Å². The van der Waals surface area contributed by atoms with E-state index in [9.17, 15) is 9.90 Å². The van der Waals surface area contributed by atoms with E-state index in [0.717, 1.165) is 5.56 Å². The molecular weight excluding hydrogens is 336 g/mol. The summed E-state index contributed by atoms with van der Waals surface area (Å²) in [6.07, 6.45) is 0. The maximum absolute atomic E-state index is 12.2. The standard InChI is InChI=1S/C18H18N4O4/c1-10(2)11-3-5-14(23)13(7-11)17-19-20-18(24)22(17)21-12-4-6-15-16(8-12)26-9-25-15/h3-8,10,21,23H,9H2,1-2H3,(H,20,24). The third-order valence-electron chi connectivity index (χ3n) is 4.21. The van der Waals surface area contributed by atoms with E-state index < -0.39 is 5.69 Å². The van der Waals surface area contributed by atoms with Crippen LogP contribution in [-0.2, 0) is 0 Å². The zero-order chi connectivity index (χ0) is 18.3. The largest absolute Gasteiger partial charge is 0.507 e. The van der Waals surface area contributed by atoms with Crippen LogP contribution in [0.5, 0.6) is 17.2 Å². The van der Waals surface area contributed by atoms with Crippen LogP contribution < -0.4 is 20.6 Å². The van der Waals surface area contributed by atoms with Crippen LogP contribution in [0.3, 0.4) is 0 Å². The first-order valence-electron chi connectivity index (χ1n) is 8.20. The minimum absolute atomic E-state index is 0.0436. The number of aromatic amines is 1. The molecule has 1 aliphatic heterocycles. The third kappa shape index (κ3) is 2.75. The van der Waals surface area contributed by atoms with E-state index >= 15 is 0 Å². The molecule has 0 saturated heterocycles. The summed E-state index contributed by atoms with van der Waals surface area (Å²) in [4.78, 5) is 12.2. The Labute approximate surface area is 149 Å². The summed E-state index contributed by atoms with van der Waals surface area (Å²) in [6.45, 7) is 4.28. The number of phenols is 1. The predicted octanol–water partition coefficient (Wildman–Crippen LogP) is 2.67. The van der Waals surface area contributed by atoms with Crippen molar-refractivity contribution in [1.82, 2.24) is 14.9 Å². The lowest BCUT2D eigenvalue weighted by Crippen LogP contribution is -2.24. The zero-order valence-electron chi connectivity index (χ0n) is 14.3. The Bertz CT molecular complexity index is 1020. The predicted molar refractivity (Wildman–Crippen MR) is 95.6 cm³/mol. The normalized spacial score (nSPS) is 12.6. The highest BCUT2D eigenvalue weighted by atomic mass is 16.7. The summed E-state index contributed by atoms with van der Waals surface area (Å²) < 4.78 is 11.9. The minimum Gasteiger partial charge on any atom is -0.507 e. The van der Waals surface area contributed by atoms with E-state index in [1.54, 1.807) is 24.3 Å². The van der Waals surface area contributed by atoms with Crippen LogP contribution in [0, 0.1) is 0 Å². The lowest BCUT2D eigenvalue weighted by molar-refractivity contribution is 0.174. The molecule has 0 amide bonds. The van der Waals surface area contributed by atoms with Gasteiger partial charge in [-0.1, -0.05) is 19.9 Å². The van der Waals surface area contributed by atoms with Crippen molar-refractivity contribution in [2.75, 3.05) is 12.2 Å². The van der Waals surface area contributed by atoms with E-state index in [4.69, 9.17) is 9.47 Å². The first-order chi connectivity index (χ1) is 12.5. The van der Waals surface area contributed by atoms with Crippen LogP contribution in [0.2, 0.25) is 0 Å². The SMILES string of the molecule is CC(C)c1ccc(O)c(-c2n[nH]c(=O)n2Nc2ccc3c(c2)OCO3)c1. The summed E-state index contributed by atoms with van der Waals surface area (Å²) in [5, 5.41) is 16.7. The molecule has 1 aliphatic rings. The van der Waals surface area contributed by atoms with Gasteiger partial charge in [-0.3, -0.25) is 5.43 Å². The summed E-state index contributed by atoms with van der Waals surface area (Å²) >= 11 is 0. The molecule has 2 aromatic carbocycles. The quantitative estimate of drug-likeness (QED) is 0.666. The molecule has 0 fully saturated rings. The van der Waals surface area contributed by atoms with Crippen molar-refractivity contribution in [3.8, 4) is 28.6 Å². The smallest absolute Gasteiger partial charge is 0.362 e. The van der Waals surface area contributed by atoms with Crippen LogP contribution in [0.25, 0.3) is 11.4 Å². The molecule has 3 N–H and O–H groups in total. The molecule has 0 unspecified atom stereocenters. The lowest BCUT2D eigenvalue weighted by Gasteiger charge is -2.12. The highest BCUT2D eigenvalue weighted by molar-refractivity contribution is 5.66. The topological polar surface area (TPSA) is 101 Å². The van der Waals surface area contributed by atoms with Gasteiger partial charge < -0.3 is 14.6 Å². The molecule has 26 heavy (non-hydrogen) atoms. The van der Waals surface area contributed by atoms with Crippen LogP contribution in [-0.4, -0.2) is 26.8 Å². The van der Waals surface area contributed by atoms with Crippen molar-refractivity contribution >= 4 is 5.69 Å². The second-order valence-electron chi connectivity index (χ2n) is 6.30. The maximum atomic E-state index is 12.2. The first-order valence-corrected chi connectivity index (χ1v) is 8.20. The second kappa shape index (κ2) is 6.14. The zero-order valence-corrected chi connectivity index (χ0v) is 14.3. The Morgan fingerprint density at radius 1 is 1.19 bits per heavy atom. The van der Waals surface area contributed by atoms with E-state index in [2.05, 4.69) is 29.5 Å². The van der Waals surface area contributed by atoms with Gasteiger partial charge in [-0.05, 0) is 35.7 Å². The Morgan fingerprint density at radius 2 is 2.00 bits per heavy atom. The fraction of sp³-hybridized carbons (Fsp3) is 0.222. The van der Waals surface area contributed by atoms with E-state index in [1.807, 2.05) is 12.1 Å². The number of aromatic hydroxyl groups is 1. The van der Waals surface area contributed by atoms with E-state index in [-0.39, 0.29) is 24.3 Å². The van der Waals surface area contributed by atoms with Gasteiger partial charge in [0.2, 0.25) is 6.79 Å². The Hall–Kier alpha value is -3.42. The van der Waals surface area contributed by atoms with Gasteiger partial charge in [-0.15, -0.1) is 0 Å². The molecule has 0 spiro atoms. The number of phenolic OH excluding ortho intramolecular Hbond substituents is 1. The molecule has 0 radical (unpaired) electrons. The van der Waals surface area contributed by atoms with Gasteiger partial charge in [0.05, 0.1) is 11.3 Å². The summed E-state index contributed by atoms with van der Waals surface area (Å²) in [7, 11) is 0. The van der Waals surface area contributed by atoms with Crippen LogP contribution in [0.1, 0.15) is 25.3 Å². The Balaban J connectivity index is 1.75. The third-order valence-corrected chi connectivity index (χ3v) is 4.21. The lowest BCUT2D eigenvalue weighted by atomic mass is 10.00. The van der Waals surface area contributed by atoms with Crippen molar-refractivity contribution in [2.24, 2.45) is 0 Å². The second-order valence-corrected chi connectivity index (χ2v) is 6.30. The van der Waals surface area contributed by atoms with Crippen molar-refractivity contribution in [3.63, 3.8) is 0 Å². The molecule has 1 aromatic heterocycles. The molecular formula is C18H18N4O4. The van der Waals surface area contributed by atoms with Gasteiger partial charge in [0.1, 0.15) is 5.75 Å². The summed E-state index contributed by atoms with van der Waals surface area (Å²) in [6, 6.07) is 10.5. The summed E-state index contributed by atoms with van der Waals surface area (Å²) in [5.41, 5.74) is 4.65. The number of rotatable bonds is 4.